The van der Waals surface area contributed by atoms with Crippen molar-refractivity contribution in [3.05, 3.63) is 59.5 Å². The molecule has 32 heavy (non-hydrogen) atoms. The molecule has 170 valence electrons. The van der Waals surface area contributed by atoms with E-state index >= 15 is 0 Å². The van der Waals surface area contributed by atoms with E-state index in [4.69, 9.17) is 4.74 Å². The maximum atomic E-state index is 13.3. The maximum Gasteiger partial charge on any atom is 0.343 e. The lowest BCUT2D eigenvalue weighted by molar-refractivity contribution is -0.119. The largest absolute Gasteiger partial charge is 0.462 e. The van der Waals surface area contributed by atoms with E-state index in [-0.39, 0.29) is 18.0 Å². The van der Waals surface area contributed by atoms with E-state index in [9.17, 15) is 27.2 Å². The predicted octanol–water partition coefficient (Wildman–Crippen LogP) is 4.32. The van der Waals surface area contributed by atoms with Gasteiger partial charge in [0.2, 0.25) is 5.91 Å². The molecule has 0 radical (unpaired) electrons. The first kappa shape index (κ1) is 23.0. The van der Waals surface area contributed by atoms with Crippen LogP contribution in [0.1, 0.15) is 54.5 Å². The highest BCUT2D eigenvalue weighted by molar-refractivity contribution is 6.01. The second-order valence-corrected chi connectivity index (χ2v) is 6.58. The maximum absolute atomic E-state index is 13.3. The first-order valence-corrected chi connectivity index (χ1v) is 9.51. The number of alkyl halides is 4. The van der Waals surface area contributed by atoms with Gasteiger partial charge < -0.3 is 10.1 Å². The summed E-state index contributed by atoms with van der Waals surface area (Å²) in [7, 11) is 0. The van der Waals surface area contributed by atoms with E-state index in [0.717, 1.165) is 0 Å². The number of amides is 1. The summed E-state index contributed by atoms with van der Waals surface area (Å²) < 4.78 is 59.4. The summed E-state index contributed by atoms with van der Waals surface area (Å²) in [5.74, 6) is -1.70. The number of aromatic nitrogens is 4. The highest BCUT2D eigenvalue weighted by Gasteiger charge is 2.29. The summed E-state index contributed by atoms with van der Waals surface area (Å²) >= 11 is 0. The Hall–Kier alpha value is -3.70. The van der Waals surface area contributed by atoms with Crippen molar-refractivity contribution in [1.29, 1.82) is 0 Å². The Morgan fingerprint density at radius 3 is 2.41 bits per heavy atom. The van der Waals surface area contributed by atoms with Crippen LogP contribution in [0.5, 0.6) is 0 Å². The van der Waals surface area contributed by atoms with Crippen molar-refractivity contribution in [3.8, 4) is 5.69 Å². The molecule has 8 nitrogen and oxygen atoms in total. The van der Waals surface area contributed by atoms with Crippen molar-refractivity contribution in [2.75, 3.05) is 11.9 Å². The van der Waals surface area contributed by atoms with Crippen molar-refractivity contribution in [1.82, 2.24) is 19.6 Å². The highest BCUT2D eigenvalue weighted by atomic mass is 19.3. The molecule has 12 heteroatoms. The van der Waals surface area contributed by atoms with Gasteiger partial charge >= 0.3 is 5.97 Å². The van der Waals surface area contributed by atoms with E-state index in [1.165, 1.54) is 17.8 Å². The SMILES string of the molecule is CCOC(=O)c1cnn(-c2ccccc2)c1NC(=O)C(C)n1nc(C(F)F)cc1C(F)F. The van der Waals surface area contributed by atoms with Crippen LogP contribution in [0.25, 0.3) is 5.69 Å². The van der Waals surface area contributed by atoms with Crippen molar-refractivity contribution in [2.24, 2.45) is 0 Å². The Bertz CT molecular complexity index is 1100. The number of rotatable bonds is 8. The number of hydrogen-bond donors (Lipinski definition) is 1. The fourth-order valence-electron chi connectivity index (χ4n) is 2.93. The number of nitrogens with one attached hydrogen (secondary N) is 1. The van der Waals surface area contributed by atoms with Crippen molar-refractivity contribution >= 4 is 17.7 Å². The van der Waals surface area contributed by atoms with Crippen molar-refractivity contribution in [2.45, 2.75) is 32.7 Å². The lowest BCUT2D eigenvalue weighted by Gasteiger charge is -2.17. The standard InChI is InChI=1S/C20H19F4N5O3/c1-3-32-20(31)13-10-25-29(12-7-5-4-6-8-12)18(13)26-19(30)11(2)28-15(17(23)24)9-14(27-28)16(21)22/h4-11,16-17H,3H2,1-2H3,(H,26,30). The van der Waals surface area contributed by atoms with Crippen LogP contribution in [0, 0.1) is 0 Å². The zero-order valence-electron chi connectivity index (χ0n) is 17.0. The lowest BCUT2D eigenvalue weighted by atomic mass is 10.2. The minimum absolute atomic E-state index is 0.0636. The highest BCUT2D eigenvalue weighted by Crippen LogP contribution is 2.28. The van der Waals surface area contributed by atoms with Gasteiger partial charge in [-0.15, -0.1) is 0 Å². The van der Waals surface area contributed by atoms with Gasteiger partial charge in [0.1, 0.15) is 23.0 Å². The summed E-state index contributed by atoms with van der Waals surface area (Å²) in [6.07, 6.45) is -5.02. The van der Waals surface area contributed by atoms with Gasteiger partial charge in [0.15, 0.2) is 5.82 Å². The molecule has 1 aromatic carbocycles. The van der Waals surface area contributed by atoms with Gasteiger partial charge in [-0.3, -0.25) is 9.48 Å². The Labute approximate surface area is 179 Å². The molecular weight excluding hydrogens is 434 g/mol. The summed E-state index contributed by atoms with van der Waals surface area (Å²) in [6, 6.07) is 7.65. The summed E-state index contributed by atoms with van der Waals surface area (Å²) in [5.41, 5.74) is -1.27. The van der Waals surface area contributed by atoms with Crippen LogP contribution in [-0.2, 0) is 9.53 Å². The molecule has 3 aromatic rings. The van der Waals surface area contributed by atoms with Gasteiger partial charge in [-0.05, 0) is 32.0 Å². The van der Waals surface area contributed by atoms with Crippen LogP contribution in [-0.4, -0.2) is 38.0 Å². The molecule has 0 aliphatic rings. The molecule has 0 aliphatic carbocycles. The first-order valence-electron chi connectivity index (χ1n) is 9.51. The summed E-state index contributed by atoms with van der Waals surface area (Å²) in [6.45, 7) is 2.89. The summed E-state index contributed by atoms with van der Waals surface area (Å²) in [5, 5.41) is 10.0. The Balaban J connectivity index is 1.98. The Morgan fingerprint density at radius 2 is 1.81 bits per heavy atom. The molecule has 0 saturated heterocycles. The minimum atomic E-state index is -3.13. The van der Waals surface area contributed by atoms with E-state index in [2.05, 4.69) is 15.5 Å². The first-order chi connectivity index (χ1) is 15.2. The normalized spacial score (nSPS) is 12.2. The number of ether oxygens (including phenoxy) is 1. The third kappa shape index (κ3) is 4.63. The van der Waals surface area contributed by atoms with Crippen LogP contribution in [0.15, 0.2) is 42.6 Å². The Morgan fingerprint density at radius 1 is 1.12 bits per heavy atom. The number of benzene rings is 1. The molecule has 0 spiro atoms. The molecule has 2 heterocycles. The average Bonchev–Trinajstić information content (AvgIpc) is 3.39. The minimum Gasteiger partial charge on any atom is -0.462 e. The molecule has 0 aliphatic heterocycles. The molecule has 1 amide bonds. The van der Waals surface area contributed by atoms with Gasteiger partial charge in [-0.2, -0.15) is 10.2 Å². The van der Waals surface area contributed by atoms with Crippen LogP contribution in [0.2, 0.25) is 0 Å². The fraction of sp³-hybridized carbons (Fsp3) is 0.300. The predicted molar refractivity (Wildman–Crippen MR) is 105 cm³/mol. The third-order valence-electron chi connectivity index (χ3n) is 4.48. The number of esters is 1. The lowest BCUT2D eigenvalue weighted by Crippen LogP contribution is -2.28. The number of hydrogen-bond acceptors (Lipinski definition) is 5. The molecule has 2 aromatic heterocycles. The molecule has 0 saturated carbocycles. The molecule has 0 fully saturated rings. The number of anilines is 1. The van der Waals surface area contributed by atoms with Gasteiger partial charge in [-0.1, -0.05) is 18.2 Å². The van der Waals surface area contributed by atoms with Crippen LogP contribution in [0.3, 0.4) is 0 Å². The fourth-order valence-corrected chi connectivity index (χ4v) is 2.93. The van der Waals surface area contributed by atoms with Gasteiger partial charge in [0.05, 0.1) is 18.5 Å². The number of halogens is 4. The van der Waals surface area contributed by atoms with E-state index in [1.54, 1.807) is 37.3 Å². The van der Waals surface area contributed by atoms with Crippen LogP contribution < -0.4 is 5.32 Å². The van der Waals surface area contributed by atoms with Crippen LogP contribution >= 0.6 is 0 Å². The zero-order chi connectivity index (χ0) is 23.4. The summed E-state index contributed by atoms with van der Waals surface area (Å²) in [4.78, 5) is 25.2. The molecule has 0 bridgehead atoms. The zero-order valence-corrected chi connectivity index (χ0v) is 17.0. The average molecular weight is 453 g/mol. The quantitative estimate of drug-likeness (QED) is 0.405. The third-order valence-corrected chi connectivity index (χ3v) is 4.48. The number of carbonyl (C=O) groups is 2. The van der Waals surface area contributed by atoms with E-state index in [0.29, 0.717) is 16.4 Å². The number of carbonyl (C=O) groups excluding carboxylic acids is 2. The van der Waals surface area contributed by atoms with Crippen molar-refractivity contribution in [3.63, 3.8) is 0 Å². The second kappa shape index (κ2) is 9.62. The van der Waals surface area contributed by atoms with Gasteiger partial charge in [0, 0.05) is 0 Å². The van der Waals surface area contributed by atoms with Crippen molar-refractivity contribution < 1.29 is 31.9 Å². The van der Waals surface area contributed by atoms with E-state index in [1.807, 2.05) is 0 Å². The smallest absolute Gasteiger partial charge is 0.343 e. The van der Waals surface area contributed by atoms with E-state index < -0.39 is 42.2 Å². The van der Waals surface area contributed by atoms with Gasteiger partial charge in [0.25, 0.3) is 12.9 Å². The molecule has 1 atom stereocenters. The van der Waals surface area contributed by atoms with Crippen LogP contribution in [0.4, 0.5) is 23.4 Å². The molecule has 3 rings (SSSR count). The Kier molecular flexibility index (Phi) is 6.91. The molecule has 1 N–H and O–H groups in total. The topological polar surface area (TPSA) is 91.0 Å². The number of para-hydroxylation sites is 1. The monoisotopic (exact) mass is 453 g/mol. The number of nitrogens with zero attached hydrogens (tertiary/aromatic N) is 4. The van der Waals surface area contributed by atoms with Gasteiger partial charge in [-0.25, -0.2) is 27.0 Å². The molecule has 1 unspecified atom stereocenters. The second-order valence-electron chi connectivity index (χ2n) is 6.58. The molecular formula is C20H19F4N5O3.